The molecule has 0 spiro atoms. The maximum absolute atomic E-state index is 10.1. The lowest BCUT2D eigenvalue weighted by Gasteiger charge is -2.36. The Morgan fingerprint density at radius 3 is 3.00 bits per heavy atom. The molecule has 3 nitrogen and oxygen atoms in total. The van der Waals surface area contributed by atoms with E-state index in [0.717, 1.165) is 38.0 Å². The molecule has 0 amide bonds. The van der Waals surface area contributed by atoms with Crippen LogP contribution < -0.4 is 5.73 Å². The quantitative estimate of drug-likeness (QED) is 0.815. The van der Waals surface area contributed by atoms with Crippen molar-refractivity contribution in [3.8, 4) is 0 Å². The summed E-state index contributed by atoms with van der Waals surface area (Å²) in [7, 11) is 0. The Balaban J connectivity index is 2.05. The van der Waals surface area contributed by atoms with Gasteiger partial charge < -0.3 is 10.8 Å². The Kier molecular flexibility index (Phi) is 4.00. The van der Waals surface area contributed by atoms with Crippen molar-refractivity contribution < 1.29 is 5.11 Å². The summed E-state index contributed by atoms with van der Waals surface area (Å²) >= 11 is 4.99. The lowest BCUT2D eigenvalue weighted by Crippen LogP contribution is -2.45. The molecule has 0 saturated carbocycles. The number of likely N-dealkylation sites (tertiary alicyclic amines) is 1. The molecular formula is C14H20N2OS. The summed E-state index contributed by atoms with van der Waals surface area (Å²) in [5.74, 6) is 0. The Morgan fingerprint density at radius 2 is 2.33 bits per heavy atom. The molecule has 0 aliphatic carbocycles. The molecule has 3 N–H and O–H groups in total. The number of hydrogen-bond acceptors (Lipinski definition) is 3. The van der Waals surface area contributed by atoms with Crippen LogP contribution >= 0.6 is 12.2 Å². The minimum absolute atomic E-state index is 0.433. The third-order valence-electron chi connectivity index (χ3n) is 3.37. The zero-order chi connectivity index (χ0) is 13.2. The summed E-state index contributed by atoms with van der Waals surface area (Å²) in [6.45, 7) is 4.51. The van der Waals surface area contributed by atoms with Crippen LogP contribution in [-0.2, 0) is 6.54 Å². The van der Waals surface area contributed by atoms with E-state index in [4.69, 9.17) is 18.0 Å². The van der Waals surface area contributed by atoms with E-state index in [0.29, 0.717) is 4.99 Å². The first-order valence-corrected chi connectivity index (χ1v) is 6.71. The zero-order valence-electron chi connectivity index (χ0n) is 10.7. The smallest absolute Gasteiger partial charge is 0.103 e. The van der Waals surface area contributed by atoms with E-state index in [9.17, 15) is 5.11 Å². The summed E-state index contributed by atoms with van der Waals surface area (Å²) in [5.41, 5.74) is 7.18. The van der Waals surface area contributed by atoms with Gasteiger partial charge in [0.25, 0.3) is 0 Å². The first-order valence-electron chi connectivity index (χ1n) is 6.30. The number of β-amino-alcohol motifs (C(OH)–C–C–N with tert-alkyl or cyclic N) is 1. The van der Waals surface area contributed by atoms with Gasteiger partial charge in [-0.3, -0.25) is 4.90 Å². The highest BCUT2D eigenvalue weighted by atomic mass is 32.1. The van der Waals surface area contributed by atoms with Gasteiger partial charge in [-0.15, -0.1) is 0 Å². The molecule has 1 atom stereocenters. The molecule has 1 unspecified atom stereocenters. The lowest BCUT2D eigenvalue weighted by molar-refractivity contribution is -0.0181. The van der Waals surface area contributed by atoms with Crippen molar-refractivity contribution in [3.63, 3.8) is 0 Å². The highest BCUT2D eigenvalue weighted by Gasteiger charge is 2.28. The Hall–Kier alpha value is -0.970. The van der Waals surface area contributed by atoms with E-state index in [1.807, 2.05) is 25.1 Å². The number of hydrogen-bond donors (Lipinski definition) is 2. The summed E-state index contributed by atoms with van der Waals surface area (Å²) in [6.07, 6.45) is 1.93. The molecule has 1 aromatic rings. The molecule has 1 heterocycles. The van der Waals surface area contributed by atoms with E-state index in [2.05, 4.69) is 11.0 Å². The second-order valence-electron chi connectivity index (χ2n) is 5.38. The highest BCUT2D eigenvalue weighted by molar-refractivity contribution is 7.80. The van der Waals surface area contributed by atoms with Gasteiger partial charge in [0.15, 0.2) is 0 Å². The predicted octanol–water partition coefficient (Wildman–Crippen LogP) is 1.67. The van der Waals surface area contributed by atoms with Gasteiger partial charge in [-0.2, -0.15) is 0 Å². The molecular weight excluding hydrogens is 244 g/mol. The molecule has 4 heteroatoms. The van der Waals surface area contributed by atoms with Crippen molar-refractivity contribution in [1.29, 1.82) is 0 Å². The number of rotatable bonds is 3. The van der Waals surface area contributed by atoms with E-state index >= 15 is 0 Å². The normalized spacial score (nSPS) is 25.0. The van der Waals surface area contributed by atoms with Gasteiger partial charge in [0, 0.05) is 18.7 Å². The van der Waals surface area contributed by atoms with E-state index < -0.39 is 5.60 Å². The van der Waals surface area contributed by atoms with E-state index in [-0.39, 0.29) is 0 Å². The van der Waals surface area contributed by atoms with Gasteiger partial charge in [-0.25, -0.2) is 0 Å². The van der Waals surface area contributed by atoms with Crippen LogP contribution in [0.3, 0.4) is 0 Å². The SMILES string of the molecule is CC1(O)CCCN(Cc2cccc(C(N)=S)c2)C1. The fraction of sp³-hybridized carbons (Fsp3) is 0.500. The summed E-state index contributed by atoms with van der Waals surface area (Å²) in [4.78, 5) is 2.71. The molecule has 1 aliphatic rings. The average Bonchev–Trinajstić information content (AvgIpc) is 2.28. The molecule has 1 saturated heterocycles. The van der Waals surface area contributed by atoms with Crippen LogP contribution in [0.25, 0.3) is 0 Å². The molecule has 0 radical (unpaired) electrons. The van der Waals surface area contributed by atoms with Gasteiger partial charge in [0.1, 0.15) is 4.99 Å². The zero-order valence-corrected chi connectivity index (χ0v) is 11.5. The van der Waals surface area contributed by atoms with Gasteiger partial charge in [0.05, 0.1) is 5.60 Å². The van der Waals surface area contributed by atoms with Gasteiger partial charge in [-0.05, 0) is 37.9 Å². The molecule has 1 fully saturated rings. The molecule has 0 aromatic heterocycles. The molecule has 1 aromatic carbocycles. The Labute approximate surface area is 114 Å². The maximum atomic E-state index is 10.1. The molecule has 1 aliphatic heterocycles. The van der Waals surface area contributed by atoms with Crippen LogP contribution in [0.5, 0.6) is 0 Å². The highest BCUT2D eigenvalue weighted by Crippen LogP contribution is 2.22. The fourth-order valence-corrected chi connectivity index (χ4v) is 2.67. The predicted molar refractivity (Wildman–Crippen MR) is 77.5 cm³/mol. The maximum Gasteiger partial charge on any atom is 0.103 e. The largest absolute Gasteiger partial charge is 0.389 e. The summed E-state index contributed by atoms with van der Waals surface area (Å²) in [5, 5.41) is 10.1. The van der Waals surface area contributed by atoms with Crippen LogP contribution in [0.4, 0.5) is 0 Å². The lowest BCUT2D eigenvalue weighted by atomic mass is 9.95. The average molecular weight is 264 g/mol. The van der Waals surface area contributed by atoms with Crippen molar-refractivity contribution in [3.05, 3.63) is 35.4 Å². The fourth-order valence-electron chi connectivity index (χ4n) is 2.54. The van der Waals surface area contributed by atoms with E-state index in [1.165, 1.54) is 5.56 Å². The van der Waals surface area contributed by atoms with Crippen LogP contribution in [0, 0.1) is 0 Å². The first-order chi connectivity index (χ1) is 8.46. The monoisotopic (exact) mass is 264 g/mol. The minimum atomic E-state index is -0.557. The van der Waals surface area contributed by atoms with Crippen molar-refractivity contribution in [2.24, 2.45) is 5.73 Å². The number of nitrogens with two attached hydrogens (primary N) is 1. The van der Waals surface area contributed by atoms with Gasteiger partial charge >= 0.3 is 0 Å². The van der Waals surface area contributed by atoms with Crippen LogP contribution in [-0.4, -0.2) is 33.7 Å². The Morgan fingerprint density at radius 1 is 1.56 bits per heavy atom. The van der Waals surface area contributed by atoms with Gasteiger partial charge in [0.2, 0.25) is 0 Å². The van der Waals surface area contributed by atoms with Crippen molar-refractivity contribution in [2.75, 3.05) is 13.1 Å². The topological polar surface area (TPSA) is 49.5 Å². The Bertz CT molecular complexity index is 445. The standard InChI is InChI=1S/C14H20N2OS/c1-14(17)6-3-7-16(10-14)9-11-4-2-5-12(8-11)13(15)18/h2,4-5,8,17H,3,6-7,9-10H2,1H3,(H2,15,18). The number of piperidine rings is 1. The van der Waals surface area contributed by atoms with Crippen molar-refractivity contribution in [1.82, 2.24) is 4.90 Å². The molecule has 98 valence electrons. The summed E-state index contributed by atoms with van der Waals surface area (Å²) < 4.78 is 0. The number of thiocarbonyl (C=S) groups is 1. The summed E-state index contributed by atoms with van der Waals surface area (Å²) in [6, 6.07) is 8.01. The second kappa shape index (κ2) is 5.34. The number of benzene rings is 1. The first kappa shape index (κ1) is 13.5. The third kappa shape index (κ3) is 3.51. The molecule has 0 bridgehead atoms. The van der Waals surface area contributed by atoms with Crippen LogP contribution in [0.15, 0.2) is 24.3 Å². The second-order valence-corrected chi connectivity index (χ2v) is 5.82. The number of nitrogens with zero attached hydrogens (tertiary/aromatic N) is 1. The van der Waals surface area contributed by atoms with Crippen LogP contribution in [0.1, 0.15) is 30.9 Å². The van der Waals surface area contributed by atoms with Crippen LogP contribution in [0.2, 0.25) is 0 Å². The van der Waals surface area contributed by atoms with E-state index in [1.54, 1.807) is 0 Å². The van der Waals surface area contributed by atoms with Gasteiger partial charge in [-0.1, -0.05) is 30.4 Å². The molecule has 18 heavy (non-hydrogen) atoms. The third-order valence-corrected chi connectivity index (χ3v) is 3.61. The van der Waals surface area contributed by atoms with Crippen molar-refractivity contribution in [2.45, 2.75) is 31.9 Å². The molecule has 2 rings (SSSR count). The van der Waals surface area contributed by atoms with Crippen molar-refractivity contribution >= 4 is 17.2 Å². The number of aliphatic hydroxyl groups is 1. The minimum Gasteiger partial charge on any atom is -0.389 e.